The summed E-state index contributed by atoms with van der Waals surface area (Å²) in [6, 6.07) is 9.05. The first-order chi connectivity index (χ1) is 12.7. The Morgan fingerprint density at radius 1 is 1.19 bits per heavy atom. The van der Waals surface area contributed by atoms with E-state index in [9.17, 15) is 29.8 Å². The minimum Gasteiger partial charge on any atom is -0.300 e. The maximum atomic E-state index is 12.6. The van der Waals surface area contributed by atoms with Gasteiger partial charge in [-0.2, -0.15) is 0 Å². The van der Waals surface area contributed by atoms with Crippen LogP contribution in [-0.4, -0.2) is 50.5 Å². The van der Waals surface area contributed by atoms with Gasteiger partial charge in [0, 0.05) is 22.8 Å². The molecule has 0 aromatic heterocycles. The lowest BCUT2D eigenvalue weighted by Gasteiger charge is -2.48. The van der Waals surface area contributed by atoms with Gasteiger partial charge in [0.25, 0.3) is 5.54 Å². The molecule has 142 valence electrons. The summed E-state index contributed by atoms with van der Waals surface area (Å²) in [5.74, 6) is -2.54. The molecule has 0 amide bonds. The van der Waals surface area contributed by atoms with Gasteiger partial charge >= 0.3 is 5.54 Å². The Kier molecular flexibility index (Phi) is 4.64. The minimum atomic E-state index is -2.21. The van der Waals surface area contributed by atoms with E-state index in [-0.39, 0.29) is 19.6 Å². The number of hydrogen-bond acceptors (Lipinski definition) is 7. The van der Waals surface area contributed by atoms with Crippen molar-refractivity contribution in [2.45, 2.75) is 31.0 Å². The molecular formula is C18H19N3O6. The van der Waals surface area contributed by atoms with Crippen LogP contribution in [0.15, 0.2) is 42.5 Å². The number of benzene rings is 1. The van der Waals surface area contributed by atoms with Crippen LogP contribution in [0.25, 0.3) is 0 Å². The standard InChI is InChI=1S/C18H19N3O6/c1-13(22)9-15-17(20(24)25)8-7-16(23)18(15,21(26)27)12-19(11-17)10-14-5-3-2-4-6-14/h2-8,15H,9-12H2,1H3/t15-,17-,18+/m0/s1. The van der Waals surface area contributed by atoms with Crippen LogP contribution in [0.5, 0.6) is 0 Å². The van der Waals surface area contributed by atoms with E-state index in [1.807, 2.05) is 18.2 Å². The molecule has 3 atom stereocenters. The number of Topliss-reactive ketones (excluding diaryl/α,β-unsaturated/α-hetero) is 1. The molecule has 1 heterocycles. The third-order valence-corrected chi connectivity index (χ3v) is 5.48. The number of hydrogen-bond donors (Lipinski definition) is 0. The maximum Gasteiger partial charge on any atom is 0.305 e. The largest absolute Gasteiger partial charge is 0.305 e. The topological polar surface area (TPSA) is 124 Å². The van der Waals surface area contributed by atoms with E-state index in [0.29, 0.717) is 0 Å². The summed E-state index contributed by atoms with van der Waals surface area (Å²) in [6.07, 6.45) is 1.70. The lowest BCUT2D eigenvalue weighted by atomic mass is 9.61. The number of likely N-dealkylation sites (tertiary alicyclic amines) is 1. The van der Waals surface area contributed by atoms with Crippen LogP contribution < -0.4 is 0 Å². The monoisotopic (exact) mass is 373 g/mol. The van der Waals surface area contributed by atoms with Gasteiger partial charge in [-0.1, -0.05) is 30.3 Å². The summed E-state index contributed by atoms with van der Waals surface area (Å²) < 4.78 is 0. The molecule has 9 heteroatoms. The van der Waals surface area contributed by atoms with Crippen molar-refractivity contribution in [2.24, 2.45) is 5.92 Å². The first kappa shape index (κ1) is 18.8. The van der Waals surface area contributed by atoms with Crippen LogP contribution in [0.4, 0.5) is 0 Å². The summed E-state index contributed by atoms with van der Waals surface area (Å²) in [7, 11) is 0. The second-order valence-electron chi connectivity index (χ2n) is 7.22. The quantitative estimate of drug-likeness (QED) is 0.543. The number of piperidine rings is 1. The van der Waals surface area contributed by atoms with Gasteiger partial charge in [0.2, 0.25) is 5.78 Å². The number of fused-ring (bicyclic) bond motifs is 2. The Labute approximate surface area is 154 Å². The molecule has 3 rings (SSSR count). The summed E-state index contributed by atoms with van der Waals surface area (Å²) in [5, 5.41) is 24.1. The van der Waals surface area contributed by atoms with E-state index in [2.05, 4.69) is 0 Å². The second-order valence-corrected chi connectivity index (χ2v) is 7.22. The van der Waals surface area contributed by atoms with Crippen molar-refractivity contribution in [3.05, 3.63) is 68.3 Å². The zero-order valence-electron chi connectivity index (χ0n) is 14.7. The summed E-state index contributed by atoms with van der Waals surface area (Å²) in [5.41, 5.74) is -3.24. The Bertz CT molecular complexity index is 839. The fraction of sp³-hybridized carbons (Fsp3) is 0.444. The summed E-state index contributed by atoms with van der Waals surface area (Å²) in [4.78, 5) is 48.7. The molecule has 0 unspecified atom stereocenters. The molecule has 27 heavy (non-hydrogen) atoms. The average Bonchev–Trinajstić information content (AvgIpc) is 2.59. The number of carbonyl (C=O) groups is 2. The highest BCUT2D eigenvalue weighted by molar-refractivity contribution is 5.99. The Morgan fingerprint density at radius 3 is 2.41 bits per heavy atom. The highest BCUT2D eigenvalue weighted by Crippen LogP contribution is 2.46. The number of nitrogens with zero attached hydrogens (tertiary/aromatic N) is 3. The van der Waals surface area contributed by atoms with E-state index < -0.39 is 44.8 Å². The highest BCUT2D eigenvalue weighted by Gasteiger charge is 2.73. The smallest absolute Gasteiger partial charge is 0.300 e. The van der Waals surface area contributed by atoms with Crippen molar-refractivity contribution < 1.29 is 19.4 Å². The van der Waals surface area contributed by atoms with Crippen LogP contribution in [-0.2, 0) is 16.1 Å². The van der Waals surface area contributed by atoms with Crippen LogP contribution in [0.2, 0.25) is 0 Å². The highest BCUT2D eigenvalue weighted by atomic mass is 16.6. The second kappa shape index (κ2) is 6.66. The van der Waals surface area contributed by atoms with Crippen molar-refractivity contribution in [3.63, 3.8) is 0 Å². The average molecular weight is 373 g/mol. The van der Waals surface area contributed by atoms with Crippen molar-refractivity contribution >= 4 is 11.6 Å². The first-order valence-corrected chi connectivity index (χ1v) is 8.51. The van der Waals surface area contributed by atoms with Crippen molar-refractivity contribution in [1.29, 1.82) is 0 Å². The third kappa shape index (κ3) is 2.93. The molecule has 0 radical (unpaired) electrons. The number of carbonyl (C=O) groups excluding carboxylic acids is 2. The molecule has 1 fully saturated rings. The zero-order chi connectivity index (χ0) is 19.8. The molecule has 2 bridgehead atoms. The predicted molar refractivity (Wildman–Crippen MR) is 94.1 cm³/mol. The van der Waals surface area contributed by atoms with Gasteiger partial charge < -0.3 is 4.79 Å². The van der Waals surface area contributed by atoms with Gasteiger partial charge in [-0.15, -0.1) is 0 Å². The van der Waals surface area contributed by atoms with E-state index in [1.54, 1.807) is 17.0 Å². The van der Waals surface area contributed by atoms with Gasteiger partial charge in [0.15, 0.2) is 0 Å². The molecule has 2 aliphatic rings. The normalized spacial score (nSPS) is 30.1. The lowest BCUT2D eigenvalue weighted by molar-refractivity contribution is -0.624. The fourth-order valence-electron chi connectivity index (χ4n) is 4.28. The predicted octanol–water partition coefficient (Wildman–Crippen LogP) is 1.27. The number of nitro groups is 2. The molecule has 0 spiro atoms. The van der Waals surface area contributed by atoms with Gasteiger partial charge in [-0.05, 0) is 24.6 Å². The minimum absolute atomic E-state index is 0.105. The summed E-state index contributed by atoms with van der Waals surface area (Å²) >= 11 is 0. The number of rotatable bonds is 6. The Morgan fingerprint density at radius 2 is 1.85 bits per heavy atom. The van der Waals surface area contributed by atoms with Crippen LogP contribution >= 0.6 is 0 Å². The molecule has 1 aliphatic carbocycles. The van der Waals surface area contributed by atoms with Gasteiger partial charge in [0.1, 0.15) is 11.7 Å². The maximum absolute atomic E-state index is 12.6. The van der Waals surface area contributed by atoms with Crippen LogP contribution in [0.3, 0.4) is 0 Å². The Balaban J connectivity index is 2.11. The molecule has 1 aromatic rings. The molecule has 0 N–H and O–H groups in total. The molecular weight excluding hydrogens is 354 g/mol. The molecule has 1 aliphatic heterocycles. The lowest BCUT2D eigenvalue weighted by Crippen LogP contribution is -2.75. The van der Waals surface area contributed by atoms with Crippen molar-refractivity contribution in [1.82, 2.24) is 4.90 Å². The van der Waals surface area contributed by atoms with Crippen molar-refractivity contribution in [2.75, 3.05) is 13.1 Å². The first-order valence-electron chi connectivity index (χ1n) is 8.51. The van der Waals surface area contributed by atoms with E-state index in [1.165, 1.54) is 6.92 Å². The van der Waals surface area contributed by atoms with E-state index >= 15 is 0 Å². The molecule has 9 nitrogen and oxygen atoms in total. The van der Waals surface area contributed by atoms with E-state index in [0.717, 1.165) is 17.7 Å². The SMILES string of the molecule is CC(=O)C[C@H]1[C@]2([N+](=O)[O-])C=CC(=O)[C@@]1([N+](=O)[O-])CN(Cc1ccccc1)C2. The summed E-state index contributed by atoms with van der Waals surface area (Å²) in [6.45, 7) is 1.08. The van der Waals surface area contributed by atoms with Gasteiger partial charge in [-0.3, -0.25) is 29.9 Å². The molecule has 0 saturated carbocycles. The zero-order valence-corrected chi connectivity index (χ0v) is 14.7. The van der Waals surface area contributed by atoms with E-state index in [4.69, 9.17) is 0 Å². The van der Waals surface area contributed by atoms with Crippen LogP contribution in [0, 0.1) is 26.1 Å². The van der Waals surface area contributed by atoms with Crippen molar-refractivity contribution in [3.8, 4) is 0 Å². The molecule has 1 aromatic carbocycles. The van der Waals surface area contributed by atoms with Crippen LogP contribution in [0.1, 0.15) is 18.9 Å². The third-order valence-electron chi connectivity index (χ3n) is 5.48. The van der Waals surface area contributed by atoms with Gasteiger partial charge in [0.05, 0.1) is 13.1 Å². The molecule has 1 saturated heterocycles. The Hall–Kier alpha value is -2.94. The number of ketones is 2. The van der Waals surface area contributed by atoms with Gasteiger partial charge in [-0.25, -0.2) is 0 Å². The fourth-order valence-corrected chi connectivity index (χ4v) is 4.28.